The molecule has 0 aliphatic rings. The van der Waals surface area contributed by atoms with Gasteiger partial charge >= 0.3 is 0 Å². The molecule has 31 heavy (non-hydrogen) atoms. The van der Waals surface area contributed by atoms with Crippen molar-refractivity contribution in [2.45, 2.75) is 33.3 Å². The maximum Gasteiger partial charge on any atom is 0.255 e. The van der Waals surface area contributed by atoms with Crippen molar-refractivity contribution in [3.63, 3.8) is 0 Å². The van der Waals surface area contributed by atoms with Gasteiger partial charge in [-0.1, -0.05) is 19.9 Å². The first-order valence-electron chi connectivity index (χ1n) is 10.5. The molecule has 6 nitrogen and oxygen atoms in total. The third kappa shape index (κ3) is 6.74. The monoisotopic (exact) mass is 420 g/mol. The topological polar surface area (TPSA) is 69.7 Å². The molecule has 0 atom stereocenters. The van der Waals surface area contributed by atoms with Crippen molar-refractivity contribution in [2.75, 3.05) is 18.5 Å². The summed E-state index contributed by atoms with van der Waals surface area (Å²) in [5.74, 6) is 1.80. The van der Waals surface area contributed by atoms with Crippen molar-refractivity contribution in [1.29, 1.82) is 0 Å². The van der Waals surface area contributed by atoms with Crippen LogP contribution in [-0.4, -0.2) is 24.1 Å². The number of hydrogen-bond donors (Lipinski definition) is 1. The highest BCUT2D eigenvalue weighted by molar-refractivity contribution is 6.04. The summed E-state index contributed by atoms with van der Waals surface area (Å²) in [6, 6.07) is 16.3. The first kappa shape index (κ1) is 22.2. The second-order valence-corrected chi connectivity index (χ2v) is 6.99. The summed E-state index contributed by atoms with van der Waals surface area (Å²) in [5, 5.41) is 2.91. The zero-order valence-corrected chi connectivity index (χ0v) is 18.0. The summed E-state index contributed by atoms with van der Waals surface area (Å²) in [6.07, 6.45) is 5.28. The van der Waals surface area contributed by atoms with Crippen molar-refractivity contribution in [3.8, 4) is 17.2 Å². The van der Waals surface area contributed by atoms with Gasteiger partial charge in [-0.3, -0.25) is 9.78 Å². The number of anilines is 1. The second-order valence-electron chi connectivity index (χ2n) is 6.99. The number of hydrogen-bond acceptors (Lipinski definition) is 5. The fourth-order valence-electron chi connectivity index (χ4n) is 2.80. The van der Waals surface area contributed by atoms with Crippen molar-refractivity contribution in [2.24, 2.45) is 0 Å². The number of pyridine rings is 1. The molecule has 1 amide bonds. The third-order valence-electron chi connectivity index (χ3n) is 4.37. The summed E-state index contributed by atoms with van der Waals surface area (Å²) in [7, 11) is 0. The highest BCUT2D eigenvalue weighted by Gasteiger charge is 2.11. The van der Waals surface area contributed by atoms with Crippen molar-refractivity contribution >= 4 is 11.6 Å². The van der Waals surface area contributed by atoms with Crippen LogP contribution in [0.15, 0.2) is 67.0 Å². The van der Waals surface area contributed by atoms with E-state index in [4.69, 9.17) is 14.2 Å². The minimum atomic E-state index is -0.206. The SMILES string of the molecule is CCCOc1ccc(NC(=O)c2ccc(OCc3cccnc3)cc2)cc1OCCC. The number of nitrogens with zero attached hydrogens (tertiary/aromatic N) is 1. The van der Waals surface area contributed by atoms with Gasteiger partial charge in [0, 0.05) is 35.3 Å². The molecule has 162 valence electrons. The molecular formula is C25H28N2O4. The molecule has 0 spiro atoms. The number of carbonyl (C=O) groups excluding carboxylic acids is 1. The Kier molecular flexibility index (Phi) is 8.29. The van der Waals surface area contributed by atoms with E-state index >= 15 is 0 Å². The van der Waals surface area contributed by atoms with Crippen LogP contribution in [0.1, 0.15) is 42.6 Å². The highest BCUT2D eigenvalue weighted by atomic mass is 16.5. The van der Waals surface area contributed by atoms with E-state index in [1.165, 1.54) is 0 Å². The van der Waals surface area contributed by atoms with Crippen LogP contribution in [0.25, 0.3) is 0 Å². The average Bonchev–Trinajstić information content (AvgIpc) is 2.81. The molecule has 1 aromatic heterocycles. The minimum Gasteiger partial charge on any atom is -0.490 e. The van der Waals surface area contributed by atoms with Crippen LogP contribution >= 0.6 is 0 Å². The molecule has 0 aliphatic carbocycles. The number of rotatable bonds is 11. The van der Waals surface area contributed by atoms with E-state index in [1.54, 1.807) is 42.7 Å². The Hall–Kier alpha value is -3.54. The Morgan fingerprint density at radius 3 is 2.32 bits per heavy atom. The van der Waals surface area contributed by atoms with Gasteiger partial charge in [0.05, 0.1) is 13.2 Å². The van der Waals surface area contributed by atoms with Gasteiger partial charge in [-0.25, -0.2) is 0 Å². The number of carbonyl (C=O) groups is 1. The second kappa shape index (κ2) is 11.6. The maximum atomic E-state index is 12.7. The Balaban J connectivity index is 1.62. The first-order chi connectivity index (χ1) is 15.2. The van der Waals surface area contributed by atoms with E-state index in [0.717, 1.165) is 18.4 Å². The lowest BCUT2D eigenvalue weighted by molar-refractivity contribution is 0.102. The standard InChI is InChI=1S/C25H28N2O4/c1-3-14-29-23-12-9-21(16-24(23)30-15-4-2)27-25(28)20-7-10-22(11-8-20)31-18-19-6-5-13-26-17-19/h5-13,16-17H,3-4,14-15,18H2,1-2H3,(H,27,28). The number of aromatic nitrogens is 1. The van der Waals surface area contributed by atoms with Crippen LogP contribution < -0.4 is 19.5 Å². The van der Waals surface area contributed by atoms with E-state index in [9.17, 15) is 4.79 Å². The fraction of sp³-hybridized carbons (Fsp3) is 0.280. The quantitative estimate of drug-likeness (QED) is 0.444. The summed E-state index contributed by atoms with van der Waals surface area (Å²) in [5.41, 5.74) is 2.17. The predicted molar refractivity (Wildman–Crippen MR) is 121 cm³/mol. The molecule has 3 aromatic rings. The van der Waals surface area contributed by atoms with E-state index in [2.05, 4.69) is 17.2 Å². The lowest BCUT2D eigenvalue weighted by Crippen LogP contribution is -2.12. The van der Waals surface area contributed by atoms with Crippen molar-refractivity contribution in [3.05, 3.63) is 78.1 Å². The van der Waals surface area contributed by atoms with Crippen LogP contribution in [0.5, 0.6) is 17.2 Å². The molecule has 1 N–H and O–H groups in total. The number of ether oxygens (including phenoxy) is 3. The highest BCUT2D eigenvalue weighted by Crippen LogP contribution is 2.31. The third-order valence-corrected chi connectivity index (χ3v) is 4.37. The molecule has 0 fully saturated rings. The molecule has 0 saturated carbocycles. The molecule has 0 unspecified atom stereocenters. The smallest absolute Gasteiger partial charge is 0.255 e. The number of benzene rings is 2. The van der Waals surface area contributed by atoms with Crippen molar-refractivity contribution in [1.82, 2.24) is 4.98 Å². The maximum absolute atomic E-state index is 12.7. The van der Waals surface area contributed by atoms with E-state index in [-0.39, 0.29) is 5.91 Å². The van der Waals surface area contributed by atoms with Crippen LogP contribution in [0.2, 0.25) is 0 Å². The van der Waals surface area contributed by atoms with Crippen molar-refractivity contribution < 1.29 is 19.0 Å². The van der Waals surface area contributed by atoms with Gasteiger partial charge in [-0.05, 0) is 55.3 Å². The molecule has 0 aliphatic heterocycles. The normalized spacial score (nSPS) is 10.4. The molecule has 0 saturated heterocycles. The minimum absolute atomic E-state index is 0.206. The first-order valence-corrected chi connectivity index (χ1v) is 10.5. The van der Waals surface area contributed by atoms with Gasteiger partial charge in [-0.2, -0.15) is 0 Å². The van der Waals surface area contributed by atoms with Gasteiger partial charge in [0.1, 0.15) is 12.4 Å². The van der Waals surface area contributed by atoms with Gasteiger partial charge in [-0.15, -0.1) is 0 Å². The molecule has 0 radical (unpaired) electrons. The zero-order valence-electron chi connectivity index (χ0n) is 18.0. The van der Waals surface area contributed by atoms with Gasteiger partial charge in [0.25, 0.3) is 5.91 Å². The summed E-state index contributed by atoms with van der Waals surface area (Å²) in [6.45, 7) is 5.72. The average molecular weight is 421 g/mol. The molecule has 2 aromatic carbocycles. The Bertz CT molecular complexity index is 959. The molecular weight excluding hydrogens is 392 g/mol. The fourth-order valence-corrected chi connectivity index (χ4v) is 2.80. The van der Waals surface area contributed by atoms with Crippen LogP contribution in [0.4, 0.5) is 5.69 Å². The molecule has 6 heteroatoms. The predicted octanol–water partition coefficient (Wildman–Crippen LogP) is 5.49. The number of nitrogens with one attached hydrogen (secondary N) is 1. The van der Waals surface area contributed by atoms with Gasteiger partial charge < -0.3 is 19.5 Å². The van der Waals surface area contributed by atoms with E-state index in [1.807, 2.05) is 31.2 Å². The Morgan fingerprint density at radius 2 is 1.65 bits per heavy atom. The largest absolute Gasteiger partial charge is 0.490 e. The molecule has 1 heterocycles. The molecule has 0 bridgehead atoms. The Morgan fingerprint density at radius 1 is 0.903 bits per heavy atom. The van der Waals surface area contributed by atoms with Crippen LogP contribution in [0.3, 0.4) is 0 Å². The van der Waals surface area contributed by atoms with Gasteiger partial charge in [0.15, 0.2) is 11.5 Å². The summed E-state index contributed by atoms with van der Waals surface area (Å²) >= 11 is 0. The summed E-state index contributed by atoms with van der Waals surface area (Å²) in [4.78, 5) is 16.7. The Labute approximate surface area is 183 Å². The zero-order chi connectivity index (χ0) is 21.9. The number of amides is 1. The lowest BCUT2D eigenvalue weighted by Gasteiger charge is -2.14. The van der Waals surface area contributed by atoms with Gasteiger partial charge in [0.2, 0.25) is 0 Å². The molecule has 3 rings (SSSR count). The van der Waals surface area contributed by atoms with Crippen LogP contribution in [-0.2, 0) is 6.61 Å². The van der Waals surface area contributed by atoms with Crippen LogP contribution in [0, 0.1) is 0 Å². The lowest BCUT2D eigenvalue weighted by atomic mass is 10.2. The van der Waals surface area contributed by atoms with E-state index < -0.39 is 0 Å². The summed E-state index contributed by atoms with van der Waals surface area (Å²) < 4.78 is 17.3. The van der Waals surface area contributed by atoms with E-state index in [0.29, 0.717) is 48.3 Å².